The molecule has 0 aliphatic carbocycles. The first-order valence-electron chi connectivity index (χ1n) is 7.20. The molecule has 1 N–H and O–H groups in total. The van der Waals surface area contributed by atoms with Gasteiger partial charge in [-0.25, -0.2) is 0 Å². The Bertz CT molecular complexity index is 699. The minimum absolute atomic E-state index is 0.284. The summed E-state index contributed by atoms with van der Waals surface area (Å²) in [5.41, 5.74) is 5.06. The van der Waals surface area contributed by atoms with Crippen molar-refractivity contribution in [2.24, 2.45) is 0 Å². The summed E-state index contributed by atoms with van der Waals surface area (Å²) in [4.78, 5) is 1.30. The lowest BCUT2D eigenvalue weighted by molar-refractivity contribution is 0.884. The molecule has 3 rings (SSSR count). The van der Waals surface area contributed by atoms with E-state index in [4.69, 9.17) is 0 Å². The number of nitrogens with one attached hydrogen (secondary N) is 1. The average molecular weight is 293 g/mol. The van der Waals surface area contributed by atoms with E-state index in [1.165, 1.54) is 27.3 Å². The molecule has 2 heteroatoms. The molecule has 1 aromatic heterocycles. The SMILES string of the molecule is Cc1ccc(C(C)Nc2ccccc2-c2cccs2)cc1. The van der Waals surface area contributed by atoms with Crippen LogP contribution in [0, 0.1) is 6.92 Å². The van der Waals surface area contributed by atoms with Gasteiger partial charge in [0.25, 0.3) is 0 Å². The summed E-state index contributed by atoms with van der Waals surface area (Å²) < 4.78 is 0. The van der Waals surface area contributed by atoms with E-state index in [9.17, 15) is 0 Å². The van der Waals surface area contributed by atoms with Crippen LogP contribution < -0.4 is 5.32 Å². The van der Waals surface area contributed by atoms with Crippen molar-refractivity contribution in [1.29, 1.82) is 0 Å². The molecule has 2 aromatic carbocycles. The van der Waals surface area contributed by atoms with Gasteiger partial charge >= 0.3 is 0 Å². The molecule has 3 aromatic rings. The Labute approximate surface area is 130 Å². The van der Waals surface area contributed by atoms with Crippen LogP contribution in [0.25, 0.3) is 10.4 Å². The van der Waals surface area contributed by atoms with Gasteiger partial charge in [-0.05, 0) is 36.9 Å². The molecular weight excluding hydrogens is 274 g/mol. The molecule has 1 atom stereocenters. The van der Waals surface area contributed by atoms with Crippen LogP contribution in [0.4, 0.5) is 5.69 Å². The Hall–Kier alpha value is -2.06. The van der Waals surface area contributed by atoms with Gasteiger partial charge in [-0.15, -0.1) is 11.3 Å². The molecule has 106 valence electrons. The molecule has 0 amide bonds. The highest BCUT2D eigenvalue weighted by Gasteiger charge is 2.09. The molecule has 0 radical (unpaired) electrons. The summed E-state index contributed by atoms with van der Waals surface area (Å²) in [5, 5.41) is 5.76. The summed E-state index contributed by atoms with van der Waals surface area (Å²) in [6, 6.07) is 21.8. The van der Waals surface area contributed by atoms with Crippen LogP contribution in [-0.2, 0) is 0 Å². The van der Waals surface area contributed by atoms with Gasteiger partial charge in [0.05, 0.1) is 0 Å². The lowest BCUT2D eigenvalue weighted by Gasteiger charge is -2.18. The van der Waals surface area contributed by atoms with Crippen molar-refractivity contribution < 1.29 is 0 Å². The van der Waals surface area contributed by atoms with E-state index in [-0.39, 0.29) is 6.04 Å². The summed E-state index contributed by atoms with van der Waals surface area (Å²) in [6.07, 6.45) is 0. The minimum Gasteiger partial charge on any atom is -0.378 e. The van der Waals surface area contributed by atoms with Crippen LogP contribution >= 0.6 is 11.3 Å². The van der Waals surface area contributed by atoms with Gasteiger partial charge in [0.2, 0.25) is 0 Å². The lowest BCUT2D eigenvalue weighted by Crippen LogP contribution is -2.07. The average Bonchev–Trinajstić information content (AvgIpc) is 3.02. The molecule has 0 aliphatic rings. The van der Waals surface area contributed by atoms with Gasteiger partial charge in [0.1, 0.15) is 0 Å². The lowest BCUT2D eigenvalue weighted by atomic mass is 10.0. The number of rotatable bonds is 4. The van der Waals surface area contributed by atoms with Crippen LogP contribution in [0.3, 0.4) is 0 Å². The first-order chi connectivity index (χ1) is 10.2. The standard InChI is InChI=1S/C19H19NS/c1-14-9-11-16(12-10-14)15(2)20-18-7-4-3-6-17(18)19-8-5-13-21-19/h3-13,15,20H,1-2H3. The van der Waals surface area contributed by atoms with Gasteiger partial charge < -0.3 is 5.32 Å². The largest absolute Gasteiger partial charge is 0.378 e. The number of benzene rings is 2. The quantitative estimate of drug-likeness (QED) is 0.631. The second-order valence-corrected chi connectivity index (χ2v) is 6.25. The summed E-state index contributed by atoms with van der Waals surface area (Å²) in [7, 11) is 0. The fourth-order valence-electron chi connectivity index (χ4n) is 2.43. The van der Waals surface area contributed by atoms with E-state index in [0.717, 1.165) is 0 Å². The Balaban J connectivity index is 1.86. The molecule has 1 nitrogen and oxygen atoms in total. The van der Waals surface area contributed by atoms with Crippen molar-refractivity contribution in [3.8, 4) is 10.4 Å². The van der Waals surface area contributed by atoms with Crippen molar-refractivity contribution in [2.75, 3.05) is 5.32 Å². The molecule has 0 spiro atoms. The van der Waals surface area contributed by atoms with E-state index >= 15 is 0 Å². The van der Waals surface area contributed by atoms with E-state index in [2.05, 4.69) is 85.2 Å². The number of hydrogen-bond donors (Lipinski definition) is 1. The van der Waals surface area contributed by atoms with Gasteiger partial charge in [0, 0.05) is 22.2 Å². The van der Waals surface area contributed by atoms with Crippen LogP contribution in [0.1, 0.15) is 24.1 Å². The minimum atomic E-state index is 0.284. The first kappa shape index (κ1) is 13.9. The normalized spacial score (nSPS) is 12.1. The summed E-state index contributed by atoms with van der Waals surface area (Å²) >= 11 is 1.78. The van der Waals surface area contributed by atoms with Crippen LogP contribution in [-0.4, -0.2) is 0 Å². The highest BCUT2D eigenvalue weighted by Crippen LogP contribution is 2.33. The molecular formula is C19H19NS. The van der Waals surface area contributed by atoms with Gasteiger partial charge in [-0.2, -0.15) is 0 Å². The molecule has 0 aliphatic heterocycles. The summed E-state index contributed by atoms with van der Waals surface area (Å²) in [5.74, 6) is 0. The third-order valence-corrected chi connectivity index (χ3v) is 4.57. The molecule has 0 saturated carbocycles. The Morgan fingerprint density at radius 2 is 1.67 bits per heavy atom. The Morgan fingerprint density at radius 3 is 2.38 bits per heavy atom. The third kappa shape index (κ3) is 3.17. The number of aryl methyl sites for hydroxylation is 1. The topological polar surface area (TPSA) is 12.0 Å². The fourth-order valence-corrected chi connectivity index (χ4v) is 3.19. The number of hydrogen-bond acceptors (Lipinski definition) is 2. The predicted molar refractivity (Wildman–Crippen MR) is 93.0 cm³/mol. The second-order valence-electron chi connectivity index (χ2n) is 5.30. The molecule has 0 bridgehead atoms. The maximum Gasteiger partial charge on any atom is 0.0485 e. The van der Waals surface area contributed by atoms with E-state index in [1.807, 2.05) is 0 Å². The van der Waals surface area contributed by atoms with E-state index in [1.54, 1.807) is 11.3 Å². The van der Waals surface area contributed by atoms with Gasteiger partial charge in [-0.1, -0.05) is 54.1 Å². The molecule has 21 heavy (non-hydrogen) atoms. The number of anilines is 1. The van der Waals surface area contributed by atoms with Crippen molar-refractivity contribution >= 4 is 17.0 Å². The van der Waals surface area contributed by atoms with Crippen molar-refractivity contribution in [1.82, 2.24) is 0 Å². The predicted octanol–water partition coefficient (Wildman–Crippen LogP) is 5.90. The third-order valence-electron chi connectivity index (χ3n) is 3.66. The molecule has 0 fully saturated rings. The van der Waals surface area contributed by atoms with E-state index in [0.29, 0.717) is 0 Å². The Kier molecular flexibility index (Phi) is 4.07. The van der Waals surface area contributed by atoms with Crippen molar-refractivity contribution in [2.45, 2.75) is 19.9 Å². The van der Waals surface area contributed by atoms with Crippen LogP contribution in [0.2, 0.25) is 0 Å². The van der Waals surface area contributed by atoms with Crippen LogP contribution in [0.15, 0.2) is 66.0 Å². The first-order valence-corrected chi connectivity index (χ1v) is 8.08. The zero-order valence-electron chi connectivity index (χ0n) is 12.3. The summed E-state index contributed by atoms with van der Waals surface area (Å²) in [6.45, 7) is 4.32. The van der Waals surface area contributed by atoms with E-state index < -0.39 is 0 Å². The van der Waals surface area contributed by atoms with Gasteiger partial charge in [0.15, 0.2) is 0 Å². The van der Waals surface area contributed by atoms with Crippen LogP contribution in [0.5, 0.6) is 0 Å². The second kappa shape index (κ2) is 6.15. The van der Waals surface area contributed by atoms with Crippen molar-refractivity contribution in [3.63, 3.8) is 0 Å². The zero-order chi connectivity index (χ0) is 14.7. The maximum absolute atomic E-state index is 3.64. The zero-order valence-corrected chi connectivity index (χ0v) is 13.2. The molecule has 1 heterocycles. The monoisotopic (exact) mass is 293 g/mol. The van der Waals surface area contributed by atoms with Crippen molar-refractivity contribution in [3.05, 3.63) is 77.2 Å². The smallest absolute Gasteiger partial charge is 0.0485 e. The number of thiophene rings is 1. The van der Waals surface area contributed by atoms with Gasteiger partial charge in [-0.3, -0.25) is 0 Å². The fraction of sp³-hybridized carbons (Fsp3) is 0.158. The Morgan fingerprint density at radius 1 is 0.905 bits per heavy atom. The highest BCUT2D eigenvalue weighted by atomic mass is 32.1. The molecule has 0 saturated heterocycles. The molecule has 1 unspecified atom stereocenters. The maximum atomic E-state index is 3.64. The number of para-hydroxylation sites is 1. The highest BCUT2D eigenvalue weighted by molar-refractivity contribution is 7.13.